The molecule has 0 fully saturated rings. The SMILES string of the molecule is CC(C)(C)C(=O)CC(c1ccccc1)C1C(=O)c2ccccc2C1=O. The normalized spacial score (nSPS) is 16.0. The molecule has 0 radical (unpaired) electrons. The van der Waals surface area contributed by atoms with E-state index in [0.717, 1.165) is 5.56 Å². The fraction of sp³-hybridized carbons (Fsp3) is 0.318. The Balaban J connectivity index is 2.03. The van der Waals surface area contributed by atoms with E-state index in [0.29, 0.717) is 11.1 Å². The predicted octanol–water partition coefficient (Wildman–Crippen LogP) is 4.47. The summed E-state index contributed by atoms with van der Waals surface area (Å²) in [5.41, 5.74) is 1.30. The summed E-state index contributed by atoms with van der Waals surface area (Å²) in [6.45, 7) is 5.60. The molecule has 0 aliphatic heterocycles. The van der Waals surface area contributed by atoms with Crippen LogP contribution in [0.5, 0.6) is 0 Å². The highest BCUT2D eigenvalue weighted by atomic mass is 16.2. The van der Waals surface area contributed by atoms with Crippen molar-refractivity contribution in [3.8, 4) is 0 Å². The van der Waals surface area contributed by atoms with E-state index in [1.807, 2.05) is 51.1 Å². The van der Waals surface area contributed by atoms with E-state index in [1.165, 1.54) is 0 Å². The first-order chi connectivity index (χ1) is 11.8. The highest BCUT2D eigenvalue weighted by Crippen LogP contribution is 2.40. The summed E-state index contributed by atoms with van der Waals surface area (Å²) < 4.78 is 0. The van der Waals surface area contributed by atoms with Crippen LogP contribution in [0.2, 0.25) is 0 Å². The molecule has 1 atom stereocenters. The van der Waals surface area contributed by atoms with Crippen LogP contribution in [0.1, 0.15) is 59.4 Å². The van der Waals surface area contributed by atoms with Gasteiger partial charge in [-0.25, -0.2) is 0 Å². The van der Waals surface area contributed by atoms with E-state index in [9.17, 15) is 14.4 Å². The van der Waals surface area contributed by atoms with Crippen LogP contribution in [0.3, 0.4) is 0 Å². The number of hydrogen-bond donors (Lipinski definition) is 0. The molecule has 0 saturated heterocycles. The second-order valence-electron chi connectivity index (χ2n) is 7.65. The van der Waals surface area contributed by atoms with Gasteiger partial charge in [0, 0.05) is 28.9 Å². The molecule has 0 heterocycles. The molecular weight excluding hydrogens is 312 g/mol. The predicted molar refractivity (Wildman–Crippen MR) is 96.9 cm³/mol. The average molecular weight is 334 g/mol. The van der Waals surface area contributed by atoms with Gasteiger partial charge in [-0.05, 0) is 5.56 Å². The molecule has 0 amide bonds. The van der Waals surface area contributed by atoms with Gasteiger partial charge in [0.2, 0.25) is 0 Å². The molecule has 1 unspecified atom stereocenters. The molecule has 25 heavy (non-hydrogen) atoms. The van der Waals surface area contributed by atoms with Crippen molar-refractivity contribution >= 4 is 17.3 Å². The molecule has 0 N–H and O–H groups in total. The Morgan fingerprint density at radius 2 is 1.36 bits per heavy atom. The first-order valence-corrected chi connectivity index (χ1v) is 8.56. The maximum absolute atomic E-state index is 12.9. The van der Waals surface area contributed by atoms with E-state index in [2.05, 4.69) is 0 Å². The quantitative estimate of drug-likeness (QED) is 0.775. The second-order valence-corrected chi connectivity index (χ2v) is 7.65. The molecule has 3 nitrogen and oxygen atoms in total. The zero-order chi connectivity index (χ0) is 18.2. The summed E-state index contributed by atoms with van der Waals surface area (Å²) in [4.78, 5) is 38.5. The van der Waals surface area contributed by atoms with E-state index in [-0.39, 0.29) is 23.8 Å². The lowest BCUT2D eigenvalue weighted by atomic mass is 9.76. The van der Waals surface area contributed by atoms with E-state index in [4.69, 9.17) is 0 Å². The van der Waals surface area contributed by atoms with Crippen molar-refractivity contribution in [2.75, 3.05) is 0 Å². The van der Waals surface area contributed by atoms with Gasteiger partial charge in [0.15, 0.2) is 11.6 Å². The molecule has 3 heteroatoms. The third-order valence-corrected chi connectivity index (χ3v) is 4.89. The monoisotopic (exact) mass is 334 g/mol. The number of ketones is 3. The topological polar surface area (TPSA) is 51.2 Å². The van der Waals surface area contributed by atoms with E-state index >= 15 is 0 Å². The van der Waals surface area contributed by atoms with Crippen molar-refractivity contribution in [3.05, 3.63) is 71.3 Å². The number of benzene rings is 2. The fourth-order valence-electron chi connectivity index (χ4n) is 3.37. The molecule has 2 aromatic rings. The Labute approximate surface area is 148 Å². The van der Waals surface area contributed by atoms with Crippen LogP contribution in [0.4, 0.5) is 0 Å². The molecule has 3 rings (SSSR count). The second kappa shape index (κ2) is 6.40. The number of carbonyl (C=O) groups is 3. The van der Waals surface area contributed by atoms with Crippen LogP contribution in [-0.4, -0.2) is 17.3 Å². The average Bonchev–Trinajstić information content (AvgIpc) is 2.84. The Morgan fingerprint density at radius 1 is 0.880 bits per heavy atom. The standard InChI is InChI=1S/C22H22O3/c1-22(2,3)18(23)13-17(14-9-5-4-6-10-14)19-20(24)15-11-7-8-12-16(15)21(19)25/h4-12,17,19H,13H2,1-3H3. The summed E-state index contributed by atoms with van der Waals surface area (Å²) in [6.07, 6.45) is 0.184. The first-order valence-electron chi connectivity index (χ1n) is 8.56. The Hall–Kier alpha value is -2.55. The summed E-state index contributed by atoms with van der Waals surface area (Å²) in [7, 11) is 0. The van der Waals surface area contributed by atoms with Gasteiger partial charge in [-0.3, -0.25) is 14.4 Å². The van der Waals surface area contributed by atoms with E-state index in [1.54, 1.807) is 24.3 Å². The summed E-state index contributed by atoms with van der Waals surface area (Å²) in [5.74, 6) is -1.53. The lowest BCUT2D eigenvalue weighted by molar-refractivity contribution is -0.126. The minimum Gasteiger partial charge on any atom is -0.299 e. The number of rotatable bonds is 4. The summed E-state index contributed by atoms with van der Waals surface area (Å²) in [6, 6.07) is 16.4. The number of hydrogen-bond acceptors (Lipinski definition) is 3. The Morgan fingerprint density at radius 3 is 1.84 bits per heavy atom. The highest BCUT2D eigenvalue weighted by Gasteiger charge is 2.44. The van der Waals surface area contributed by atoms with Crippen molar-refractivity contribution in [2.24, 2.45) is 11.3 Å². The molecule has 0 bridgehead atoms. The van der Waals surface area contributed by atoms with Crippen LogP contribution in [0, 0.1) is 11.3 Å². The third kappa shape index (κ3) is 3.19. The van der Waals surface area contributed by atoms with Gasteiger partial charge in [-0.15, -0.1) is 0 Å². The van der Waals surface area contributed by atoms with Crippen LogP contribution >= 0.6 is 0 Å². The molecule has 2 aromatic carbocycles. The van der Waals surface area contributed by atoms with Crippen molar-refractivity contribution in [1.29, 1.82) is 0 Å². The van der Waals surface area contributed by atoms with Crippen LogP contribution in [0.15, 0.2) is 54.6 Å². The maximum Gasteiger partial charge on any atom is 0.175 e. The molecule has 1 aliphatic carbocycles. The smallest absolute Gasteiger partial charge is 0.175 e. The molecule has 0 spiro atoms. The highest BCUT2D eigenvalue weighted by molar-refractivity contribution is 6.27. The van der Waals surface area contributed by atoms with Gasteiger partial charge >= 0.3 is 0 Å². The first kappa shape index (κ1) is 17.3. The molecular formula is C22H22O3. The van der Waals surface area contributed by atoms with Crippen LogP contribution in [0.25, 0.3) is 0 Å². The Bertz CT molecular complexity index is 793. The number of fused-ring (bicyclic) bond motifs is 1. The van der Waals surface area contributed by atoms with Crippen molar-refractivity contribution in [1.82, 2.24) is 0 Å². The van der Waals surface area contributed by atoms with E-state index < -0.39 is 17.3 Å². The zero-order valence-corrected chi connectivity index (χ0v) is 14.8. The summed E-state index contributed by atoms with van der Waals surface area (Å²) >= 11 is 0. The minimum absolute atomic E-state index is 0.0536. The minimum atomic E-state index is -0.814. The van der Waals surface area contributed by atoms with Crippen LogP contribution in [-0.2, 0) is 4.79 Å². The third-order valence-electron chi connectivity index (χ3n) is 4.89. The Kier molecular flexibility index (Phi) is 4.42. The summed E-state index contributed by atoms with van der Waals surface area (Å²) in [5, 5.41) is 0. The maximum atomic E-state index is 12.9. The van der Waals surface area contributed by atoms with Gasteiger partial charge in [0.05, 0.1) is 5.92 Å². The zero-order valence-electron chi connectivity index (χ0n) is 14.8. The van der Waals surface area contributed by atoms with Gasteiger partial charge in [0.1, 0.15) is 5.78 Å². The van der Waals surface area contributed by atoms with Crippen molar-refractivity contribution < 1.29 is 14.4 Å². The molecule has 0 saturated carbocycles. The van der Waals surface area contributed by atoms with Gasteiger partial charge in [-0.1, -0.05) is 75.4 Å². The lowest BCUT2D eigenvalue weighted by Crippen LogP contribution is -2.29. The van der Waals surface area contributed by atoms with Gasteiger partial charge in [0.25, 0.3) is 0 Å². The van der Waals surface area contributed by atoms with Crippen LogP contribution < -0.4 is 0 Å². The molecule has 0 aromatic heterocycles. The van der Waals surface area contributed by atoms with Crippen molar-refractivity contribution in [3.63, 3.8) is 0 Å². The number of Topliss-reactive ketones (excluding diaryl/α,β-unsaturated/α-hetero) is 3. The molecule has 128 valence electrons. The molecule has 1 aliphatic rings. The van der Waals surface area contributed by atoms with Gasteiger partial charge < -0.3 is 0 Å². The lowest BCUT2D eigenvalue weighted by Gasteiger charge is -2.25. The van der Waals surface area contributed by atoms with Gasteiger partial charge in [-0.2, -0.15) is 0 Å². The fourth-order valence-corrected chi connectivity index (χ4v) is 3.37. The largest absolute Gasteiger partial charge is 0.299 e. The van der Waals surface area contributed by atoms with Crippen molar-refractivity contribution in [2.45, 2.75) is 33.1 Å². The number of carbonyl (C=O) groups excluding carboxylic acids is 3.